The molecule has 0 atom stereocenters. The van der Waals surface area contributed by atoms with Gasteiger partial charge in [-0.2, -0.15) is 0 Å². The Kier molecular flexibility index (Phi) is 4.30. The molecule has 0 fully saturated rings. The summed E-state index contributed by atoms with van der Waals surface area (Å²) in [6, 6.07) is 7.49. The van der Waals surface area contributed by atoms with Crippen LogP contribution in [0.15, 0.2) is 36.7 Å². The minimum Gasteiger partial charge on any atom is -0.465 e. The fraction of sp³-hybridized carbons (Fsp3) is 0.267. The summed E-state index contributed by atoms with van der Waals surface area (Å²) in [5.41, 5.74) is 2.31. The molecular weight excluding hydrogens is 254 g/mol. The number of aromatic nitrogens is 2. The van der Waals surface area contributed by atoms with Crippen LogP contribution in [0.1, 0.15) is 21.6 Å². The molecule has 2 aromatic rings. The summed E-state index contributed by atoms with van der Waals surface area (Å²) in [5, 5.41) is 0. The summed E-state index contributed by atoms with van der Waals surface area (Å²) < 4.78 is 4.71. The second-order valence-corrected chi connectivity index (χ2v) is 4.51. The molecule has 0 N–H and O–H groups in total. The molecule has 104 valence electrons. The molecule has 5 nitrogen and oxygen atoms in total. The molecule has 0 aromatic carbocycles. The van der Waals surface area contributed by atoms with E-state index in [1.165, 1.54) is 7.11 Å². The Morgan fingerprint density at radius 3 is 2.55 bits per heavy atom. The summed E-state index contributed by atoms with van der Waals surface area (Å²) in [6.45, 7) is 2.53. The van der Waals surface area contributed by atoms with Gasteiger partial charge in [-0.05, 0) is 36.8 Å². The Hall–Kier alpha value is -2.43. The minimum absolute atomic E-state index is 0.363. The van der Waals surface area contributed by atoms with Crippen molar-refractivity contribution >= 4 is 11.8 Å². The van der Waals surface area contributed by atoms with Crippen molar-refractivity contribution in [3.05, 3.63) is 53.5 Å². The third-order valence-corrected chi connectivity index (χ3v) is 3.04. The Labute approximate surface area is 118 Å². The summed E-state index contributed by atoms with van der Waals surface area (Å²) >= 11 is 0. The molecule has 0 aliphatic rings. The van der Waals surface area contributed by atoms with E-state index in [0.29, 0.717) is 11.3 Å². The van der Waals surface area contributed by atoms with Crippen LogP contribution in [0.4, 0.5) is 5.82 Å². The Bertz CT molecular complexity index is 599. The largest absolute Gasteiger partial charge is 0.465 e. The number of esters is 1. The highest BCUT2D eigenvalue weighted by Crippen LogP contribution is 2.16. The second kappa shape index (κ2) is 6.14. The van der Waals surface area contributed by atoms with Gasteiger partial charge >= 0.3 is 5.97 Å². The van der Waals surface area contributed by atoms with E-state index in [4.69, 9.17) is 4.74 Å². The molecule has 0 bridgehead atoms. The van der Waals surface area contributed by atoms with E-state index in [-0.39, 0.29) is 5.97 Å². The molecule has 0 saturated carbocycles. The van der Waals surface area contributed by atoms with Crippen LogP contribution in [0.3, 0.4) is 0 Å². The van der Waals surface area contributed by atoms with Gasteiger partial charge in [0.2, 0.25) is 0 Å². The number of methoxy groups -OCH3 is 1. The van der Waals surface area contributed by atoms with E-state index in [1.54, 1.807) is 25.4 Å². The topological polar surface area (TPSA) is 55.3 Å². The van der Waals surface area contributed by atoms with Crippen molar-refractivity contribution in [3.8, 4) is 0 Å². The van der Waals surface area contributed by atoms with E-state index in [0.717, 1.165) is 17.9 Å². The average Bonchev–Trinajstić information content (AvgIpc) is 2.47. The molecule has 0 saturated heterocycles. The van der Waals surface area contributed by atoms with Gasteiger partial charge < -0.3 is 9.64 Å². The van der Waals surface area contributed by atoms with Crippen molar-refractivity contribution in [2.45, 2.75) is 13.5 Å². The van der Waals surface area contributed by atoms with E-state index < -0.39 is 0 Å². The first-order valence-corrected chi connectivity index (χ1v) is 6.28. The molecule has 2 rings (SSSR count). The average molecular weight is 271 g/mol. The number of carbonyl (C=O) groups is 1. The number of carbonyl (C=O) groups excluding carboxylic acids is 1. The van der Waals surface area contributed by atoms with Crippen molar-refractivity contribution in [3.63, 3.8) is 0 Å². The van der Waals surface area contributed by atoms with Gasteiger partial charge in [0, 0.05) is 26.0 Å². The van der Waals surface area contributed by atoms with Crippen LogP contribution >= 0.6 is 0 Å². The monoisotopic (exact) mass is 271 g/mol. The Morgan fingerprint density at radius 1 is 1.25 bits per heavy atom. The third-order valence-electron chi connectivity index (χ3n) is 3.04. The molecule has 5 heteroatoms. The Balaban J connectivity index is 2.17. The lowest BCUT2D eigenvalue weighted by Gasteiger charge is -2.19. The highest BCUT2D eigenvalue weighted by atomic mass is 16.5. The molecule has 0 aliphatic heterocycles. The number of pyridine rings is 2. The van der Waals surface area contributed by atoms with Crippen LogP contribution in [0.2, 0.25) is 0 Å². The third kappa shape index (κ3) is 3.12. The van der Waals surface area contributed by atoms with Gasteiger partial charge in [0.05, 0.1) is 18.4 Å². The van der Waals surface area contributed by atoms with E-state index in [9.17, 15) is 4.79 Å². The van der Waals surface area contributed by atoms with Gasteiger partial charge in [0.25, 0.3) is 0 Å². The smallest absolute Gasteiger partial charge is 0.339 e. The highest BCUT2D eigenvalue weighted by molar-refractivity contribution is 5.90. The first-order chi connectivity index (χ1) is 9.61. The van der Waals surface area contributed by atoms with Gasteiger partial charge in [0.1, 0.15) is 5.82 Å². The van der Waals surface area contributed by atoms with Gasteiger partial charge in [-0.25, -0.2) is 9.78 Å². The van der Waals surface area contributed by atoms with Crippen LogP contribution in [-0.2, 0) is 11.3 Å². The lowest BCUT2D eigenvalue weighted by atomic mass is 10.2. The zero-order chi connectivity index (χ0) is 14.5. The van der Waals surface area contributed by atoms with E-state index in [1.807, 2.05) is 30.1 Å². The van der Waals surface area contributed by atoms with Crippen molar-refractivity contribution in [1.82, 2.24) is 9.97 Å². The van der Waals surface area contributed by atoms with Crippen molar-refractivity contribution < 1.29 is 9.53 Å². The second-order valence-electron chi connectivity index (χ2n) is 4.51. The first-order valence-electron chi connectivity index (χ1n) is 6.28. The fourth-order valence-corrected chi connectivity index (χ4v) is 1.93. The molecule has 2 heterocycles. The quantitative estimate of drug-likeness (QED) is 0.798. The normalized spacial score (nSPS) is 10.2. The summed E-state index contributed by atoms with van der Waals surface area (Å²) in [4.78, 5) is 22.0. The maximum Gasteiger partial charge on any atom is 0.339 e. The van der Waals surface area contributed by atoms with Crippen LogP contribution in [0, 0.1) is 6.92 Å². The summed E-state index contributed by atoms with van der Waals surface area (Å²) in [7, 11) is 3.32. The zero-order valence-electron chi connectivity index (χ0n) is 11.8. The molecule has 0 unspecified atom stereocenters. The van der Waals surface area contributed by atoms with Crippen LogP contribution in [0.25, 0.3) is 0 Å². The van der Waals surface area contributed by atoms with Gasteiger partial charge in [0.15, 0.2) is 0 Å². The number of hydrogen-bond acceptors (Lipinski definition) is 5. The Morgan fingerprint density at radius 2 is 1.95 bits per heavy atom. The molecule has 20 heavy (non-hydrogen) atoms. The summed E-state index contributed by atoms with van der Waals surface area (Å²) in [6.07, 6.45) is 3.53. The van der Waals surface area contributed by atoms with Crippen LogP contribution in [-0.4, -0.2) is 30.1 Å². The maximum atomic E-state index is 11.5. The number of ether oxygens (including phenoxy) is 1. The van der Waals surface area contributed by atoms with Crippen molar-refractivity contribution in [2.24, 2.45) is 0 Å². The molecule has 0 spiro atoms. The molecule has 0 aliphatic carbocycles. The summed E-state index contributed by atoms with van der Waals surface area (Å²) in [5.74, 6) is 0.449. The number of anilines is 1. The molecular formula is C15H17N3O2. The first kappa shape index (κ1) is 14.0. The van der Waals surface area contributed by atoms with E-state index >= 15 is 0 Å². The number of aryl methyl sites for hydroxylation is 1. The number of rotatable bonds is 4. The van der Waals surface area contributed by atoms with Gasteiger partial charge in [-0.15, -0.1) is 0 Å². The SMILES string of the molecule is COC(=O)c1ccc(N(C)Cc2ccncc2)nc1C. The van der Waals surface area contributed by atoms with Crippen LogP contribution in [0.5, 0.6) is 0 Å². The molecule has 2 aromatic heterocycles. The molecule has 0 amide bonds. The molecule has 0 radical (unpaired) electrons. The predicted molar refractivity (Wildman–Crippen MR) is 76.7 cm³/mol. The zero-order valence-corrected chi connectivity index (χ0v) is 11.8. The predicted octanol–water partition coefficient (Wildman–Crippen LogP) is 2.21. The minimum atomic E-state index is -0.363. The number of nitrogens with zero attached hydrogens (tertiary/aromatic N) is 3. The van der Waals surface area contributed by atoms with Crippen LogP contribution < -0.4 is 4.90 Å². The van der Waals surface area contributed by atoms with Crippen molar-refractivity contribution in [1.29, 1.82) is 0 Å². The van der Waals surface area contributed by atoms with Gasteiger partial charge in [-0.1, -0.05) is 0 Å². The highest BCUT2D eigenvalue weighted by Gasteiger charge is 2.12. The van der Waals surface area contributed by atoms with E-state index in [2.05, 4.69) is 9.97 Å². The number of hydrogen-bond donors (Lipinski definition) is 0. The van der Waals surface area contributed by atoms with Crippen molar-refractivity contribution in [2.75, 3.05) is 19.1 Å². The lowest BCUT2D eigenvalue weighted by molar-refractivity contribution is 0.0599. The van der Waals surface area contributed by atoms with Gasteiger partial charge in [-0.3, -0.25) is 4.98 Å². The maximum absolute atomic E-state index is 11.5. The lowest BCUT2D eigenvalue weighted by Crippen LogP contribution is -2.18. The standard InChI is InChI=1S/C15H17N3O2/c1-11-13(15(19)20-3)4-5-14(17-11)18(2)10-12-6-8-16-9-7-12/h4-9H,10H2,1-3H3. The fourth-order valence-electron chi connectivity index (χ4n) is 1.93.